The summed E-state index contributed by atoms with van der Waals surface area (Å²) in [5.41, 5.74) is 4.16. The molecule has 5 nitrogen and oxygen atoms in total. The van der Waals surface area contributed by atoms with Crippen LogP contribution >= 0.6 is 0 Å². The maximum absolute atomic E-state index is 13.0. The normalized spacial score (nSPS) is 15.2. The number of anilines is 1. The zero-order valence-corrected chi connectivity index (χ0v) is 19.4. The van der Waals surface area contributed by atoms with Crippen molar-refractivity contribution in [1.82, 2.24) is 4.90 Å². The molecule has 1 atom stereocenters. The lowest BCUT2D eigenvalue weighted by molar-refractivity contribution is -0.136. The lowest BCUT2D eigenvalue weighted by Gasteiger charge is -2.39. The van der Waals surface area contributed by atoms with Crippen molar-refractivity contribution in [2.45, 2.75) is 26.3 Å². The van der Waals surface area contributed by atoms with Gasteiger partial charge in [-0.2, -0.15) is 0 Å². The molecule has 1 aliphatic rings. The topological polar surface area (TPSA) is 49.9 Å². The number of carbonyl (C=O) groups excluding carboxylic acids is 2. The number of hydrogen-bond donors (Lipinski definition) is 0. The van der Waals surface area contributed by atoms with Crippen molar-refractivity contribution in [1.29, 1.82) is 0 Å². The van der Waals surface area contributed by atoms with E-state index in [1.165, 1.54) is 5.56 Å². The molecule has 3 aromatic rings. The van der Waals surface area contributed by atoms with Crippen LogP contribution < -0.4 is 9.64 Å². The minimum Gasteiger partial charge on any atom is -0.484 e. The number of rotatable bonds is 6. The Labute approximate surface area is 195 Å². The van der Waals surface area contributed by atoms with Gasteiger partial charge in [-0.3, -0.25) is 9.59 Å². The van der Waals surface area contributed by atoms with Crippen LogP contribution in [0.1, 0.15) is 36.6 Å². The Balaban J connectivity index is 1.58. The van der Waals surface area contributed by atoms with E-state index in [2.05, 4.69) is 18.2 Å². The molecule has 2 amide bonds. The van der Waals surface area contributed by atoms with Crippen LogP contribution in [-0.4, -0.2) is 36.9 Å². The van der Waals surface area contributed by atoms with Crippen molar-refractivity contribution in [3.8, 4) is 5.75 Å². The number of hydrogen-bond acceptors (Lipinski definition) is 3. The first-order chi connectivity index (χ1) is 16.0. The van der Waals surface area contributed by atoms with Gasteiger partial charge in [-0.15, -0.1) is 0 Å². The van der Waals surface area contributed by atoms with Crippen molar-refractivity contribution in [3.05, 3.63) is 95.6 Å². The number of ether oxygens (including phenoxy) is 1. The van der Waals surface area contributed by atoms with E-state index in [1.54, 1.807) is 11.9 Å². The Morgan fingerprint density at radius 1 is 1.00 bits per heavy atom. The molecule has 5 heteroatoms. The average molecular weight is 443 g/mol. The number of nitrogens with zero attached hydrogens (tertiary/aromatic N) is 2. The van der Waals surface area contributed by atoms with Crippen LogP contribution in [0.3, 0.4) is 0 Å². The molecule has 1 aliphatic heterocycles. The first-order valence-electron chi connectivity index (χ1n) is 11.4. The van der Waals surface area contributed by atoms with E-state index in [0.29, 0.717) is 12.3 Å². The third-order valence-electron chi connectivity index (χ3n) is 6.12. The summed E-state index contributed by atoms with van der Waals surface area (Å²) in [6.07, 6.45) is 0.799. The molecule has 4 rings (SSSR count). The molecule has 0 fully saturated rings. The van der Waals surface area contributed by atoms with Gasteiger partial charge >= 0.3 is 0 Å². The number of fused-ring (bicyclic) bond motifs is 1. The van der Waals surface area contributed by atoms with Crippen LogP contribution in [0.2, 0.25) is 0 Å². The third-order valence-corrected chi connectivity index (χ3v) is 6.12. The van der Waals surface area contributed by atoms with Gasteiger partial charge in [0.2, 0.25) is 5.91 Å². The first-order valence-corrected chi connectivity index (χ1v) is 11.4. The van der Waals surface area contributed by atoms with Crippen molar-refractivity contribution < 1.29 is 14.3 Å². The van der Waals surface area contributed by atoms with Gasteiger partial charge in [-0.25, -0.2) is 0 Å². The van der Waals surface area contributed by atoms with Crippen molar-refractivity contribution >= 4 is 17.5 Å². The molecule has 33 heavy (non-hydrogen) atoms. The van der Waals surface area contributed by atoms with Crippen LogP contribution in [0.15, 0.2) is 78.9 Å². The second kappa shape index (κ2) is 9.90. The average Bonchev–Trinajstić information content (AvgIpc) is 2.86. The van der Waals surface area contributed by atoms with Crippen LogP contribution in [-0.2, 0) is 16.0 Å². The van der Waals surface area contributed by atoms with Gasteiger partial charge in [-0.1, -0.05) is 68.4 Å². The highest BCUT2D eigenvalue weighted by atomic mass is 16.5. The number of para-hydroxylation sites is 1. The van der Waals surface area contributed by atoms with Crippen molar-refractivity contribution in [3.63, 3.8) is 0 Å². The minimum atomic E-state index is -0.170. The summed E-state index contributed by atoms with van der Waals surface area (Å²) in [4.78, 5) is 29.3. The van der Waals surface area contributed by atoms with Gasteiger partial charge in [0, 0.05) is 25.2 Å². The predicted octanol–water partition coefficient (Wildman–Crippen LogP) is 4.86. The molecule has 0 saturated heterocycles. The maximum Gasteiger partial charge on any atom is 0.264 e. The Hall–Kier alpha value is -3.60. The smallest absolute Gasteiger partial charge is 0.264 e. The van der Waals surface area contributed by atoms with E-state index in [-0.39, 0.29) is 30.4 Å². The summed E-state index contributed by atoms with van der Waals surface area (Å²) < 4.78 is 5.91. The molecule has 0 N–H and O–H groups in total. The highest BCUT2D eigenvalue weighted by Gasteiger charge is 2.33. The van der Waals surface area contributed by atoms with E-state index in [9.17, 15) is 9.59 Å². The lowest BCUT2D eigenvalue weighted by Crippen LogP contribution is -2.42. The molecule has 3 aromatic carbocycles. The van der Waals surface area contributed by atoms with Gasteiger partial charge in [0.15, 0.2) is 6.61 Å². The standard InChI is InChI=1S/C28H30N2O3/c1-20(2)28(32)30-17-16-21-14-15-24(18-25(21)27(30)22-10-6-4-7-11-22)33-19-26(31)29(3)23-12-8-5-9-13-23/h4-15,18,20,27H,16-17,19H2,1-3H3. The largest absolute Gasteiger partial charge is 0.484 e. The van der Waals surface area contributed by atoms with Gasteiger partial charge in [0.05, 0.1) is 6.04 Å². The minimum absolute atomic E-state index is 0.0607. The summed E-state index contributed by atoms with van der Waals surface area (Å²) in [5.74, 6) is 0.558. The van der Waals surface area contributed by atoms with Gasteiger partial charge in [0.25, 0.3) is 5.91 Å². The molecule has 0 aliphatic carbocycles. The molecular weight excluding hydrogens is 412 g/mol. The van der Waals surface area contributed by atoms with E-state index < -0.39 is 0 Å². The SMILES string of the molecule is CC(C)C(=O)N1CCc2ccc(OCC(=O)N(C)c3ccccc3)cc2C1c1ccccc1. The van der Waals surface area contributed by atoms with Crippen LogP contribution in [0.4, 0.5) is 5.69 Å². The molecular formula is C28H30N2O3. The van der Waals surface area contributed by atoms with Crippen molar-refractivity contribution in [2.24, 2.45) is 5.92 Å². The van der Waals surface area contributed by atoms with Crippen LogP contribution in [0.5, 0.6) is 5.75 Å². The summed E-state index contributed by atoms with van der Waals surface area (Å²) in [7, 11) is 1.74. The Morgan fingerprint density at radius 3 is 2.33 bits per heavy atom. The Morgan fingerprint density at radius 2 is 1.67 bits per heavy atom. The molecule has 0 saturated carbocycles. The maximum atomic E-state index is 13.0. The fourth-order valence-electron chi connectivity index (χ4n) is 4.28. The fraction of sp³-hybridized carbons (Fsp3) is 0.286. The highest BCUT2D eigenvalue weighted by molar-refractivity contribution is 5.93. The molecule has 0 spiro atoms. The third kappa shape index (κ3) is 4.92. The predicted molar refractivity (Wildman–Crippen MR) is 130 cm³/mol. The molecule has 0 radical (unpaired) electrons. The van der Waals surface area contributed by atoms with Crippen LogP contribution in [0.25, 0.3) is 0 Å². The number of likely N-dealkylation sites (N-methyl/N-ethyl adjacent to an activating group) is 1. The summed E-state index contributed by atoms with van der Waals surface area (Å²) in [5, 5.41) is 0. The molecule has 0 bridgehead atoms. The summed E-state index contributed by atoms with van der Waals surface area (Å²) in [6, 6.07) is 25.4. The first kappa shape index (κ1) is 22.6. The number of amides is 2. The Bertz CT molecular complexity index is 1110. The van der Waals surface area contributed by atoms with E-state index in [0.717, 1.165) is 23.2 Å². The van der Waals surface area contributed by atoms with Crippen molar-refractivity contribution in [2.75, 3.05) is 25.1 Å². The quantitative estimate of drug-likeness (QED) is 0.548. The fourth-order valence-corrected chi connectivity index (χ4v) is 4.28. The van der Waals surface area contributed by atoms with Gasteiger partial charge < -0.3 is 14.5 Å². The Kier molecular flexibility index (Phi) is 6.78. The van der Waals surface area contributed by atoms with E-state index in [1.807, 2.05) is 79.4 Å². The van der Waals surface area contributed by atoms with Gasteiger partial charge in [0.1, 0.15) is 5.75 Å². The van der Waals surface area contributed by atoms with E-state index >= 15 is 0 Å². The monoisotopic (exact) mass is 442 g/mol. The van der Waals surface area contributed by atoms with Crippen LogP contribution in [0, 0.1) is 5.92 Å². The zero-order valence-electron chi connectivity index (χ0n) is 19.4. The zero-order chi connectivity index (χ0) is 23.4. The lowest BCUT2D eigenvalue weighted by atomic mass is 9.87. The highest BCUT2D eigenvalue weighted by Crippen LogP contribution is 2.37. The second-order valence-electron chi connectivity index (χ2n) is 8.69. The summed E-state index contributed by atoms with van der Waals surface area (Å²) in [6.45, 7) is 4.50. The molecule has 1 unspecified atom stereocenters. The van der Waals surface area contributed by atoms with Gasteiger partial charge in [-0.05, 0) is 47.4 Å². The summed E-state index contributed by atoms with van der Waals surface area (Å²) >= 11 is 0. The number of benzene rings is 3. The second-order valence-corrected chi connectivity index (χ2v) is 8.69. The van der Waals surface area contributed by atoms with E-state index in [4.69, 9.17) is 4.74 Å². The molecule has 0 aromatic heterocycles. The molecule has 170 valence electrons. The molecule has 1 heterocycles. The number of carbonyl (C=O) groups is 2.